The number of nitrogens with zero attached hydrogens (tertiary/aromatic N) is 5. The van der Waals surface area contributed by atoms with Gasteiger partial charge in [-0.1, -0.05) is 18.5 Å². The molecule has 0 aliphatic carbocycles. The third-order valence-electron chi connectivity index (χ3n) is 5.49. The van der Waals surface area contributed by atoms with Gasteiger partial charge in [-0.05, 0) is 49.4 Å². The lowest BCUT2D eigenvalue weighted by atomic mass is 9.93. The number of amides is 1. The molecule has 8 heteroatoms. The third kappa shape index (κ3) is 5.45. The van der Waals surface area contributed by atoms with Crippen LogP contribution in [-0.2, 0) is 6.42 Å². The summed E-state index contributed by atoms with van der Waals surface area (Å²) >= 11 is 0. The minimum Gasteiger partial charge on any atom is -0.494 e. The zero-order valence-electron chi connectivity index (χ0n) is 17.7. The van der Waals surface area contributed by atoms with E-state index in [-0.39, 0.29) is 5.91 Å². The molecule has 0 unspecified atom stereocenters. The van der Waals surface area contributed by atoms with Gasteiger partial charge in [0, 0.05) is 37.5 Å². The highest BCUT2D eigenvalue weighted by molar-refractivity contribution is 5.94. The molecule has 0 atom stereocenters. The molecule has 1 aromatic carbocycles. The zero-order valence-corrected chi connectivity index (χ0v) is 17.7. The van der Waals surface area contributed by atoms with Crippen molar-refractivity contribution in [1.82, 2.24) is 25.0 Å². The minimum absolute atomic E-state index is 0.0706. The molecule has 3 aromatic rings. The van der Waals surface area contributed by atoms with E-state index in [1.807, 2.05) is 29.2 Å². The Morgan fingerprint density at radius 1 is 1.19 bits per heavy atom. The summed E-state index contributed by atoms with van der Waals surface area (Å²) in [4.78, 5) is 27.4. The number of carbonyl (C=O) groups excluding carboxylic acids is 1. The van der Waals surface area contributed by atoms with E-state index in [1.165, 1.54) is 0 Å². The van der Waals surface area contributed by atoms with E-state index in [2.05, 4.69) is 27.0 Å². The summed E-state index contributed by atoms with van der Waals surface area (Å²) in [6, 6.07) is 7.45. The van der Waals surface area contributed by atoms with E-state index in [0.29, 0.717) is 41.9 Å². The van der Waals surface area contributed by atoms with Crippen LogP contribution in [-0.4, -0.2) is 50.6 Å². The topological polar surface area (TPSA) is 94.2 Å². The van der Waals surface area contributed by atoms with Gasteiger partial charge in [0.2, 0.25) is 11.7 Å². The van der Waals surface area contributed by atoms with Crippen molar-refractivity contribution in [2.45, 2.75) is 39.0 Å². The number of carbonyl (C=O) groups is 1. The first-order chi connectivity index (χ1) is 15.2. The summed E-state index contributed by atoms with van der Waals surface area (Å²) in [5, 5.41) is 4.00. The first-order valence-electron chi connectivity index (χ1n) is 10.8. The van der Waals surface area contributed by atoms with Gasteiger partial charge in [0.15, 0.2) is 0 Å². The van der Waals surface area contributed by atoms with Crippen LogP contribution < -0.4 is 4.74 Å². The second kappa shape index (κ2) is 10.1. The number of benzene rings is 1. The number of hydrogen-bond acceptors (Lipinski definition) is 7. The number of rotatable bonds is 8. The molecule has 2 aromatic heterocycles. The zero-order chi connectivity index (χ0) is 21.5. The highest BCUT2D eigenvalue weighted by atomic mass is 16.5. The molecule has 0 spiro atoms. The molecule has 0 radical (unpaired) electrons. The Labute approximate surface area is 181 Å². The summed E-state index contributed by atoms with van der Waals surface area (Å²) in [6.07, 6.45) is 9.48. The molecule has 8 nitrogen and oxygen atoms in total. The number of likely N-dealkylation sites (tertiary alicyclic amines) is 1. The van der Waals surface area contributed by atoms with Crippen molar-refractivity contribution in [1.29, 1.82) is 0 Å². The van der Waals surface area contributed by atoms with E-state index >= 15 is 0 Å². The van der Waals surface area contributed by atoms with Crippen molar-refractivity contribution in [2.75, 3.05) is 19.7 Å². The first-order valence-corrected chi connectivity index (χ1v) is 10.8. The van der Waals surface area contributed by atoms with Crippen molar-refractivity contribution >= 4 is 5.91 Å². The monoisotopic (exact) mass is 421 g/mol. The standard InChI is InChI=1S/C23H27N5O3/c1-2-3-14-30-19-6-4-18(5-7-19)23(29)28-12-8-17(9-13-28)15-21-26-22(27-31-21)20-16-24-10-11-25-20/h4-7,10-11,16-17H,2-3,8-9,12-15H2,1H3. The Morgan fingerprint density at radius 3 is 2.71 bits per heavy atom. The molecule has 1 amide bonds. The highest BCUT2D eigenvalue weighted by Crippen LogP contribution is 2.24. The Bertz CT molecular complexity index is 966. The van der Waals surface area contributed by atoms with E-state index < -0.39 is 0 Å². The predicted octanol–water partition coefficient (Wildman–Crippen LogP) is 3.80. The van der Waals surface area contributed by atoms with Gasteiger partial charge in [-0.2, -0.15) is 4.98 Å². The Morgan fingerprint density at radius 2 is 2.00 bits per heavy atom. The lowest BCUT2D eigenvalue weighted by Crippen LogP contribution is -2.38. The first kappa shape index (κ1) is 21.0. The van der Waals surface area contributed by atoms with Gasteiger partial charge in [0.25, 0.3) is 5.91 Å². The second-order valence-electron chi connectivity index (χ2n) is 7.77. The van der Waals surface area contributed by atoms with Gasteiger partial charge in [-0.15, -0.1) is 0 Å². The van der Waals surface area contributed by atoms with Crippen molar-refractivity contribution < 1.29 is 14.1 Å². The molecule has 1 saturated heterocycles. The van der Waals surface area contributed by atoms with Crippen LogP contribution in [0.1, 0.15) is 48.9 Å². The molecule has 31 heavy (non-hydrogen) atoms. The normalized spacial score (nSPS) is 14.5. The fourth-order valence-corrected chi connectivity index (χ4v) is 3.65. The molecule has 4 rings (SSSR count). The molecule has 0 bridgehead atoms. The number of ether oxygens (including phenoxy) is 1. The fraction of sp³-hybridized carbons (Fsp3) is 0.435. The molecular formula is C23H27N5O3. The van der Waals surface area contributed by atoms with Crippen molar-refractivity contribution in [2.24, 2.45) is 5.92 Å². The molecule has 0 saturated carbocycles. The lowest BCUT2D eigenvalue weighted by molar-refractivity contribution is 0.0687. The fourth-order valence-electron chi connectivity index (χ4n) is 3.65. The van der Waals surface area contributed by atoms with Gasteiger partial charge >= 0.3 is 0 Å². The van der Waals surface area contributed by atoms with Crippen molar-refractivity contribution in [3.05, 3.63) is 54.3 Å². The van der Waals surface area contributed by atoms with Crippen LogP contribution in [0.4, 0.5) is 0 Å². The van der Waals surface area contributed by atoms with E-state index in [9.17, 15) is 4.79 Å². The molecule has 1 aliphatic heterocycles. The predicted molar refractivity (Wildman–Crippen MR) is 115 cm³/mol. The summed E-state index contributed by atoms with van der Waals surface area (Å²) in [6.45, 7) is 4.29. The van der Waals surface area contributed by atoms with Gasteiger partial charge in [0.1, 0.15) is 11.4 Å². The maximum Gasteiger partial charge on any atom is 0.253 e. The molecule has 1 fully saturated rings. The Hall–Kier alpha value is -3.29. The second-order valence-corrected chi connectivity index (χ2v) is 7.77. The summed E-state index contributed by atoms with van der Waals surface area (Å²) in [5.74, 6) is 2.35. The molecule has 0 N–H and O–H groups in total. The van der Waals surface area contributed by atoms with Crippen LogP contribution in [0.3, 0.4) is 0 Å². The summed E-state index contributed by atoms with van der Waals surface area (Å²) < 4.78 is 11.1. The number of hydrogen-bond donors (Lipinski definition) is 0. The van der Waals surface area contributed by atoms with Crippen LogP contribution in [0, 0.1) is 5.92 Å². The molecular weight excluding hydrogens is 394 g/mol. The Kier molecular flexibility index (Phi) is 6.86. The van der Waals surface area contributed by atoms with Crippen LogP contribution in [0.2, 0.25) is 0 Å². The van der Waals surface area contributed by atoms with Crippen LogP contribution in [0.15, 0.2) is 47.4 Å². The smallest absolute Gasteiger partial charge is 0.253 e. The summed E-state index contributed by atoms with van der Waals surface area (Å²) in [7, 11) is 0. The van der Waals surface area contributed by atoms with Gasteiger partial charge < -0.3 is 14.2 Å². The number of piperidine rings is 1. The lowest BCUT2D eigenvalue weighted by Gasteiger charge is -2.31. The van der Waals surface area contributed by atoms with Gasteiger partial charge in [0.05, 0.1) is 12.8 Å². The molecule has 1 aliphatic rings. The van der Waals surface area contributed by atoms with Crippen LogP contribution >= 0.6 is 0 Å². The third-order valence-corrected chi connectivity index (χ3v) is 5.49. The maximum atomic E-state index is 12.8. The minimum atomic E-state index is 0.0706. The Balaban J connectivity index is 1.27. The largest absolute Gasteiger partial charge is 0.494 e. The maximum absolute atomic E-state index is 12.8. The number of aromatic nitrogens is 4. The van der Waals surface area contributed by atoms with Crippen molar-refractivity contribution in [3.8, 4) is 17.3 Å². The average molecular weight is 422 g/mol. The van der Waals surface area contributed by atoms with E-state index in [4.69, 9.17) is 9.26 Å². The van der Waals surface area contributed by atoms with Crippen LogP contribution in [0.25, 0.3) is 11.5 Å². The quantitative estimate of drug-likeness (QED) is 0.511. The van der Waals surface area contributed by atoms with Crippen LogP contribution in [0.5, 0.6) is 5.75 Å². The summed E-state index contributed by atoms with van der Waals surface area (Å²) in [5.41, 5.74) is 1.30. The highest BCUT2D eigenvalue weighted by Gasteiger charge is 2.25. The van der Waals surface area contributed by atoms with Gasteiger partial charge in [-0.25, -0.2) is 4.98 Å². The van der Waals surface area contributed by atoms with E-state index in [1.54, 1.807) is 18.6 Å². The SMILES string of the molecule is CCCCOc1ccc(C(=O)N2CCC(Cc3nc(-c4cnccn4)no3)CC2)cc1. The molecule has 162 valence electrons. The average Bonchev–Trinajstić information content (AvgIpc) is 3.29. The van der Waals surface area contributed by atoms with E-state index in [0.717, 1.165) is 44.5 Å². The number of unbranched alkanes of at least 4 members (excludes halogenated alkanes) is 1. The van der Waals surface area contributed by atoms with Gasteiger partial charge in [-0.3, -0.25) is 9.78 Å². The van der Waals surface area contributed by atoms with Crippen molar-refractivity contribution in [3.63, 3.8) is 0 Å². The molecule has 3 heterocycles.